The van der Waals surface area contributed by atoms with Crippen molar-refractivity contribution in [2.75, 3.05) is 0 Å². The summed E-state index contributed by atoms with van der Waals surface area (Å²) in [4.78, 5) is 35.0. The van der Waals surface area contributed by atoms with Crippen molar-refractivity contribution in [1.29, 1.82) is 0 Å². The van der Waals surface area contributed by atoms with E-state index in [1.54, 1.807) is 6.07 Å². The van der Waals surface area contributed by atoms with Gasteiger partial charge in [-0.25, -0.2) is 9.59 Å². The average Bonchev–Trinajstić information content (AvgIpc) is 2.84. The minimum absolute atomic E-state index is 0.0289. The average molecular weight is 296 g/mol. The molecule has 0 radical (unpaired) electrons. The summed E-state index contributed by atoms with van der Waals surface area (Å²) < 4.78 is 0. The van der Waals surface area contributed by atoms with E-state index in [2.05, 4.69) is 0 Å². The number of ketones is 1. The molecule has 0 bridgehead atoms. The Morgan fingerprint density at radius 1 is 0.955 bits per heavy atom. The van der Waals surface area contributed by atoms with Gasteiger partial charge in [0.05, 0.1) is 11.1 Å². The Morgan fingerprint density at radius 2 is 1.64 bits per heavy atom. The fourth-order valence-corrected chi connectivity index (χ4v) is 2.99. The molecular weight excluding hydrogens is 284 g/mol. The van der Waals surface area contributed by atoms with Gasteiger partial charge in [-0.2, -0.15) is 0 Å². The third-order valence-electron chi connectivity index (χ3n) is 3.93. The number of carbonyl (C=O) groups excluding carboxylic acids is 1. The van der Waals surface area contributed by atoms with Gasteiger partial charge in [0.15, 0.2) is 5.78 Å². The molecule has 0 aliphatic heterocycles. The van der Waals surface area contributed by atoms with E-state index in [0.29, 0.717) is 5.56 Å². The van der Waals surface area contributed by atoms with E-state index < -0.39 is 17.5 Å². The molecule has 2 aromatic carbocycles. The number of aromatic carboxylic acids is 2. The molecule has 2 N–H and O–H groups in total. The first-order valence-electron chi connectivity index (χ1n) is 6.72. The van der Waals surface area contributed by atoms with Crippen LogP contribution >= 0.6 is 0 Å². The molecule has 0 spiro atoms. The molecule has 0 fully saturated rings. The van der Waals surface area contributed by atoms with Crippen molar-refractivity contribution < 1.29 is 24.6 Å². The van der Waals surface area contributed by atoms with Gasteiger partial charge in [-0.3, -0.25) is 4.79 Å². The smallest absolute Gasteiger partial charge is 0.337 e. The van der Waals surface area contributed by atoms with Crippen molar-refractivity contribution in [3.8, 4) is 0 Å². The zero-order valence-electron chi connectivity index (χ0n) is 11.4. The van der Waals surface area contributed by atoms with E-state index >= 15 is 0 Å². The van der Waals surface area contributed by atoms with Crippen LogP contribution in [0.25, 0.3) is 0 Å². The van der Waals surface area contributed by atoms with Crippen LogP contribution in [0, 0.1) is 0 Å². The SMILES string of the molecule is O=C(O)c1ccc2c(c1C(=O)O)C(=O)CC2c1ccccc1. The van der Waals surface area contributed by atoms with Crippen molar-refractivity contribution in [2.24, 2.45) is 0 Å². The highest BCUT2D eigenvalue weighted by Gasteiger charge is 2.36. The van der Waals surface area contributed by atoms with Gasteiger partial charge >= 0.3 is 11.9 Å². The Labute approximate surface area is 125 Å². The predicted octanol–water partition coefficient (Wildman–Crippen LogP) is 2.80. The number of Topliss-reactive ketones (excluding diaryl/α,β-unsaturated/α-hetero) is 1. The van der Waals surface area contributed by atoms with E-state index in [4.69, 9.17) is 5.11 Å². The lowest BCUT2D eigenvalue weighted by Crippen LogP contribution is -2.13. The van der Waals surface area contributed by atoms with Gasteiger partial charge in [-0.15, -0.1) is 0 Å². The summed E-state index contributed by atoms with van der Waals surface area (Å²) in [5.41, 5.74) is 0.760. The maximum Gasteiger partial charge on any atom is 0.337 e. The van der Waals surface area contributed by atoms with Crippen molar-refractivity contribution in [1.82, 2.24) is 0 Å². The van der Waals surface area contributed by atoms with Crippen LogP contribution in [0.2, 0.25) is 0 Å². The second kappa shape index (κ2) is 5.11. The lowest BCUT2D eigenvalue weighted by Gasteiger charge is -2.12. The molecule has 1 atom stereocenters. The Morgan fingerprint density at radius 3 is 2.23 bits per heavy atom. The summed E-state index contributed by atoms with van der Waals surface area (Å²) >= 11 is 0. The minimum atomic E-state index is -1.39. The van der Waals surface area contributed by atoms with Crippen molar-refractivity contribution in [3.05, 3.63) is 70.3 Å². The number of carboxylic acids is 2. The molecule has 0 amide bonds. The van der Waals surface area contributed by atoms with E-state index in [0.717, 1.165) is 5.56 Å². The first-order chi connectivity index (χ1) is 10.5. The van der Waals surface area contributed by atoms with E-state index in [-0.39, 0.29) is 29.2 Å². The van der Waals surface area contributed by atoms with Crippen LogP contribution in [-0.4, -0.2) is 27.9 Å². The largest absolute Gasteiger partial charge is 0.478 e. The highest BCUT2D eigenvalue weighted by Crippen LogP contribution is 2.40. The summed E-state index contributed by atoms with van der Waals surface area (Å²) in [6, 6.07) is 12.1. The number of carbonyl (C=O) groups is 3. The van der Waals surface area contributed by atoms with Crippen molar-refractivity contribution in [2.45, 2.75) is 12.3 Å². The molecule has 1 unspecified atom stereocenters. The van der Waals surface area contributed by atoms with E-state index in [9.17, 15) is 19.5 Å². The summed E-state index contributed by atoms with van der Waals surface area (Å²) in [6.07, 6.45) is 0.155. The summed E-state index contributed by atoms with van der Waals surface area (Å²) in [6.45, 7) is 0. The van der Waals surface area contributed by atoms with Crippen LogP contribution in [0.3, 0.4) is 0 Å². The Hall–Kier alpha value is -2.95. The molecule has 1 aliphatic rings. The van der Waals surface area contributed by atoms with Crippen LogP contribution in [0.15, 0.2) is 42.5 Å². The van der Waals surface area contributed by atoms with E-state index in [1.807, 2.05) is 30.3 Å². The zero-order valence-corrected chi connectivity index (χ0v) is 11.4. The number of hydrogen-bond donors (Lipinski definition) is 2. The minimum Gasteiger partial charge on any atom is -0.478 e. The number of carboxylic acid groups (broad SMARTS) is 2. The Bertz CT molecular complexity index is 792. The fourth-order valence-electron chi connectivity index (χ4n) is 2.99. The molecule has 5 nitrogen and oxygen atoms in total. The second-order valence-corrected chi connectivity index (χ2v) is 5.15. The first kappa shape index (κ1) is 14.0. The molecule has 0 heterocycles. The van der Waals surface area contributed by atoms with Gasteiger partial charge in [-0.1, -0.05) is 36.4 Å². The molecule has 0 aromatic heterocycles. The highest BCUT2D eigenvalue weighted by atomic mass is 16.4. The van der Waals surface area contributed by atoms with Gasteiger partial charge in [0, 0.05) is 17.9 Å². The lowest BCUT2D eigenvalue weighted by molar-refractivity contribution is 0.0649. The van der Waals surface area contributed by atoms with E-state index in [1.165, 1.54) is 6.07 Å². The van der Waals surface area contributed by atoms with Gasteiger partial charge in [-0.05, 0) is 17.2 Å². The fraction of sp³-hybridized carbons (Fsp3) is 0.118. The third kappa shape index (κ3) is 2.07. The number of rotatable bonds is 3. The topological polar surface area (TPSA) is 91.7 Å². The van der Waals surface area contributed by atoms with Crippen LogP contribution in [-0.2, 0) is 0 Å². The normalized spacial score (nSPS) is 16.4. The maximum atomic E-state index is 12.3. The molecule has 2 aromatic rings. The Kier molecular flexibility index (Phi) is 3.25. The highest BCUT2D eigenvalue weighted by molar-refractivity contribution is 6.14. The summed E-state index contributed by atoms with van der Waals surface area (Å²) in [7, 11) is 0. The number of benzene rings is 2. The van der Waals surface area contributed by atoms with Gasteiger partial charge in [0.25, 0.3) is 0 Å². The number of hydrogen-bond acceptors (Lipinski definition) is 3. The molecular formula is C17H12O5. The van der Waals surface area contributed by atoms with Gasteiger partial charge in [0.1, 0.15) is 0 Å². The van der Waals surface area contributed by atoms with Crippen LogP contribution in [0.1, 0.15) is 54.5 Å². The monoisotopic (exact) mass is 296 g/mol. The summed E-state index contributed by atoms with van der Waals surface area (Å²) in [5, 5.41) is 18.5. The molecule has 5 heteroatoms. The molecule has 1 aliphatic carbocycles. The summed E-state index contributed by atoms with van der Waals surface area (Å²) in [5.74, 6) is -3.30. The first-order valence-corrected chi connectivity index (χ1v) is 6.72. The molecule has 3 rings (SSSR count). The van der Waals surface area contributed by atoms with Gasteiger partial charge in [0.2, 0.25) is 0 Å². The lowest BCUT2D eigenvalue weighted by atomic mass is 9.90. The Balaban J connectivity index is 2.24. The third-order valence-corrected chi connectivity index (χ3v) is 3.93. The molecule has 0 saturated heterocycles. The van der Waals surface area contributed by atoms with Crippen molar-refractivity contribution in [3.63, 3.8) is 0 Å². The zero-order chi connectivity index (χ0) is 15.9. The van der Waals surface area contributed by atoms with Crippen LogP contribution in [0.5, 0.6) is 0 Å². The second-order valence-electron chi connectivity index (χ2n) is 5.15. The predicted molar refractivity (Wildman–Crippen MR) is 77.6 cm³/mol. The standard InChI is InChI=1S/C17H12O5/c18-13-8-12(9-4-2-1-3-5-9)10-6-7-11(16(19)20)15(14(10)13)17(21)22/h1-7,12H,8H2,(H,19,20)(H,21,22). The van der Waals surface area contributed by atoms with Crippen LogP contribution < -0.4 is 0 Å². The molecule has 22 heavy (non-hydrogen) atoms. The quantitative estimate of drug-likeness (QED) is 0.908. The maximum absolute atomic E-state index is 12.3. The molecule has 0 saturated carbocycles. The number of fused-ring (bicyclic) bond motifs is 1. The van der Waals surface area contributed by atoms with Gasteiger partial charge < -0.3 is 10.2 Å². The van der Waals surface area contributed by atoms with Crippen LogP contribution in [0.4, 0.5) is 0 Å². The van der Waals surface area contributed by atoms with Crippen molar-refractivity contribution >= 4 is 17.7 Å². The molecule has 110 valence electrons.